The van der Waals surface area contributed by atoms with Gasteiger partial charge in [0, 0.05) is 72.2 Å². The van der Waals surface area contributed by atoms with Crippen LogP contribution in [0.25, 0.3) is 143 Å². The first kappa shape index (κ1) is 34.1. The highest BCUT2D eigenvalue weighted by Gasteiger charge is 2.19. The highest BCUT2D eigenvalue weighted by molar-refractivity contribution is 6.26. The first-order valence-electron chi connectivity index (χ1n) is 21.0. The van der Waals surface area contributed by atoms with Crippen LogP contribution in [0.15, 0.2) is 187 Å². The van der Waals surface area contributed by atoms with Gasteiger partial charge in [-0.25, -0.2) is 19.9 Å². The largest absolute Gasteiger partial charge is 0.438 e. The Hall–Kier alpha value is -8.68. The van der Waals surface area contributed by atoms with Gasteiger partial charge in [0.05, 0.1) is 44.7 Å². The Balaban J connectivity index is 0.913. The van der Waals surface area contributed by atoms with E-state index < -0.39 is 0 Å². The van der Waals surface area contributed by atoms with Crippen LogP contribution in [0.3, 0.4) is 0 Å². The van der Waals surface area contributed by atoms with Crippen LogP contribution in [0.1, 0.15) is 0 Å². The molecule has 0 amide bonds. The second-order valence-corrected chi connectivity index (χ2v) is 16.2. The molecule has 7 heteroatoms. The molecule has 0 aliphatic carbocycles. The minimum atomic E-state index is 0.569. The number of rotatable bonds is 3. The first-order valence-corrected chi connectivity index (χ1v) is 21.0. The van der Waals surface area contributed by atoms with Crippen LogP contribution in [-0.2, 0) is 0 Å². The van der Waals surface area contributed by atoms with E-state index in [1.807, 2.05) is 24.5 Å². The summed E-state index contributed by atoms with van der Waals surface area (Å²) < 4.78 is 6.61. The molecular formula is C56H30N6O. The molecule has 7 heterocycles. The van der Waals surface area contributed by atoms with E-state index in [4.69, 9.17) is 29.3 Å². The summed E-state index contributed by atoms with van der Waals surface area (Å²) in [7, 11) is 0. The molecule has 0 N–H and O–H groups in total. The zero-order valence-electron chi connectivity index (χ0n) is 33.4. The van der Waals surface area contributed by atoms with Crippen molar-refractivity contribution in [3.05, 3.63) is 182 Å². The van der Waals surface area contributed by atoms with Crippen molar-refractivity contribution in [1.29, 1.82) is 0 Å². The Bertz CT molecular complexity index is 4260. The monoisotopic (exact) mass is 802 g/mol. The topological polar surface area (TPSA) is 90.5 Å². The van der Waals surface area contributed by atoms with Gasteiger partial charge in [0.15, 0.2) is 0 Å². The summed E-state index contributed by atoms with van der Waals surface area (Å²) in [5.41, 5.74) is 12.0. The first-order chi connectivity index (χ1) is 31.2. The van der Waals surface area contributed by atoms with Crippen LogP contribution in [0.2, 0.25) is 0 Å². The number of hydrogen-bond acceptors (Lipinski definition) is 7. The summed E-state index contributed by atoms with van der Waals surface area (Å²) in [5, 5.41) is 12.9. The fraction of sp³-hybridized carbons (Fsp3) is 0. The Labute approximate surface area is 358 Å². The van der Waals surface area contributed by atoms with Gasteiger partial charge in [-0.1, -0.05) is 103 Å². The molecule has 0 spiro atoms. The molecular weight excluding hydrogens is 773 g/mol. The van der Waals surface area contributed by atoms with Crippen molar-refractivity contribution in [2.24, 2.45) is 0 Å². The summed E-state index contributed by atoms with van der Waals surface area (Å²) in [6, 6.07) is 59.1. The zero-order valence-corrected chi connectivity index (χ0v) is 33.4. The SMILES string of the molecule is c1cc(-c2ccc3c4ccccc4c4cccnc4c3n2)cc(-c2ccc3c4ccccc4c4cc5c(nc4c3n2)oc2cc(-c3ccc4ccc6cccnc6c4n3)ccc25)c1. The van der Waals surface area contributed by atoms with Crippen molar-refractivity contribution >= 4 is 109 Å². The molecule has 0 unspecified atom stereocenters. The standard InChI is InChI=1S/C56H30N6O/c1-2-12-37-36(11-1)41-15-7-27-58-52(41)53-42(37)21-24-47(60-53)33-8-5-9-34(28-33)48-25-22-43-38-13-3-4-14-39(38)44-30-45-40-20-18-35(29-49(40)63-56(45)62-55(44)54(43)61-48)46-23-19-32-17-16-31-10-6-26-57-50(31)51(32)59-46/h1-30H. The Morgan fingerprint density at radius 3 is 1.51 bits per heavy atom. The third kappa shape index (κ3) is 5.08. The van der Waals surface area contributed by atoms with Crippen LogP contribution in [0, 0.1) is 0 Å². The minimum Gasteiger partial charge on any atom is -0.438 e. The third-order valence-corrected chi connectivity index (χ3v) is 12.7. The molecule has 0 radical (unpaired) electrons. The van der Waals surface area contributed by atoms with Crippen molar-refractivity contribution in [2.45, 2.75) is 0 Å². The summed E-state index contributed by atoms with van der Waals surface area (Å²) in [6.45, 7) is 0. The van der Waals surface area contributed by atoms with E-state index in [1.165, 1.54) is 10.8 Å². The van der Waals surface area contributed by atoms with E-state index in [0.717, 1.165) is 126 Å². The lowest BCUT2D eigenvalue weighted by molar-refractivity contribution is 0.656. The summed E-state index contributed by atoms with van der Waals surface area (Å²) in [4.78, 5) is 30.5. The second-order valence-electron chi connectivity index (χ2n) is 16.2. The highest BCUT2D eigenvalue weighted by atomic mass is 16.3. The molecule has 0 bridgehead atoms. The molecule has 0 saturated heterocycles. The van der Waals surface area contributed by atoms with Gasteiger partial charge < -0.3 is 4.42 Å². The molecule has 63 heavy (non-hydrogen) atoms. The number of benzene rings is 7. The second kappa shape index (κ2) is 12.9. The minimum absolute atomic E-state index is 0.569. The molecule has 0 aliphatic rings. The van der Waals surface area contributed by atoms with Gasteiger partial charge in [-0.15, -0.1) is 0 Å². The predicted molar refractivity (Wildman–Crippen MR) is 257 cm³/mol. The maximum Gasteiger partial charge on any atom is 0.227 e. The van der Waals surface area contributed by atoms with E-state index >= 15 is 0 Å². The fourth-order valence-electron chi connectivity index (χ4n) is 9.72. The summed E-state index contributed by atoms with van der Waals surface area (Å²) >= 11 is 0. The average Bonchev–Trinajstić information content (AvgIpc) is 3.72. The zero-order chi connectivity index (χ0) is 41.2. The van der Waals surface area contributed by atoms with Gasteiger partial charge in [0.1, 0.15) is 11.1 Å². The number of fused-ring (bicyclic) bond motifs is 18. The van der Waals surface area contributed by atoms with Crippen LogP contribution in [-0.4, -0.2) is 29.9 Å². The molecule has 14 aromatic rings. The average molecular weight is 803 g/mol. The van der Waals surface area contributed by atoms with Crippen molar-refractivity contribution in [3.8, 4) is 33.8 Å². The summed E-state index contributed by atoms with van der Waals surface area (Å²) in [5.74, 6) is 0. The molecule has 0 atom stereocenters. The van der Waals surface area contributed by atoms with Crippen LogP contribution >= 0.6 is 0 Å². The van der Waals surface area contributed by atoms with Crippen LogP contribution < -0.4 is 0 Å². The normalized spacial score (nSPS) is 12.1. The molecule has 0 saturated carbocycles. The number of nitrogens with zero attached hydrogens (tertiary/aromatic N) is 6. The maximum absolute atomic E-state index is 6.61. The molecule has 7 aromatic carbocycles. The van der Waals surface area contributed by atoms with Crippen LogP contribution in [0.4, 0.5) is 0 Å². The van der Waals surface area contributed by atoms with Crippen molar-refractivity contribution in [3.63, 3.8) is 0 Å². The summed E-state index contributed by atoms with van der Waals surface area (Å²) in [6.07, 6.45) is 3.66. The van der Waals surface area contributed by atoms with Crippen molar-refractivity contribution < 1.29 is 4.42 Å². The fourth-order valence-corrected chi connectivity index (χ4v) is 9.72. The Morgan fingerprint density at radius 2 is 0.794 bits per heavy atom. The lowest BCUT2D eigenvalue weighted by Crippen LogP contribution is -1.93. The van der Waals surface area contributed by atoms with Crippen molar-refractivity contribution in [2.75, 3.05) is 0 Å². The number of hydrogen-bond donors (Lipinski definition) is 0. The lowest BCUT2D eigenvalue weighted by atomic mass is 9.97. The smallest absolute Gasteiger partial charge is 0.227 e. The number of furan rings is 1. The Morgan fingerprint density at radius 1 is 0.286 bits per heavy atom. The quantitative estimate of drug-likeness (QED) is 0.164. The van der Waals surface area contributed by atoms with E-state index in [9.17, 15) is 0 Å². The molecule has 14 rings (SSSR count). The van der Waals surface area contributed by atoms with Gasteiger partial charge in [-0.2, -0.15) is 0 Å². The van der Waals surface area contributed by atoms with Crippen molar-refractivity contribution in [1.82, 2.24) is 29.9 Å². The van der Waals surface area contributed by atoms with E-state index in [1.54, 1.807) is 0 Å². The lowest BCUT2D eigenvalue weighted by Gasteiger charge is -2.12. The van der Waals surface area contributed by atoms with Gasteiger partial charge in [-0.3, -0.25) is 9.97 Å². The van der Waals surface area contributed by atoms with E-state index in [0.29, 0.717) is 5.71 Å². The maximum atomic E-state index is 6.61. The van der Waals surface area contributed by atoms with Gasteiger partial charge in [0.25, 0.3) is 0 Å². The number of pyridine rings is 6. The van der Waals surface area contributed by atoms with Crippen LogP contribution in [0.5, 0.6) is 0 Å². The third-order valence-electron chi connectivity index (χ3n) is 12.7. The molecule has 7 aromatic heterocycles. The Kier molecular flexibility index (Phi) is 6.98. The molecule has 290 valence electrons. The van der Waals surface area contributed by atoms with E-state index in [-0.39, 0.29) is 0 Å². The highest BCUT2D eigenvalue weighted by Crippen LogP contribution is 2.40. The molecule has 0 aliphatic heterocycles. The molecule has 0 fully saturated rings. The molecule has 7 nitrogen and oxygen atoms in total. The van der Waals surface area contributed by atoms with E-state index in [2.05, 4.69) is 163 Å². The van der Waals surface area contributed by atoms with Gasteiger partial charge >= 0.3 is 0 Å². The van der Waals surface area contributed by atoms with Gasteiger partial charge in [-0.05, 0) is 88.3 Å². The number of aromatic nitrogens is 6. The predicted octanol–water partition coefficient (Wildman–Crippen LogP) is 14.2. The van der Waals surface area contributed by atoms with Gasteiger partial charge in [0.2, 0.25) is 5.71 Å².